The number of aliphatic hydroxyl groups excluding tert-OH is 1. The van der Waals surface area contributed by atoms with Crippen LogP contribution in [0.25, 0.3) is 0 Å². The fourth-order valence-electron chi connectivity index (χ4n) is 2.04. The molecule has 0 aliphatic rings. The minimum atomic E-state index is -0.591. The SMILES string of the molecule is CC(CC(C)(N)CO)Oc1ccccc1C(C)C. The normalized spacial score (nSPS) is 16.4. The highest BCUT2D eigenvalue weighted by molar-refractivity contribution is 5.35. The maximum atomic E-state index is 9.17. The van der Waals surface area contributed by atoms with Crippen molar-refractivity contribution >= 4 is 0 Å². The van der Waals surface area contributed by atoms with Gasteiger partial charge in [0, 0.05) is 12.0 Å². The van der Waals surface area contributed by atoms with Crippen molar-refractivity contribution in [2.45, 2.75) is 51.7 Å². The third-order valence-electron chi connectivity index (χ3n) is 2.98. The van der Waals surface area contributed by atoms with Gasteiger partial charge in [0.15, 0.2) is 0 Å². The van der Waals surface area contributed by atoms with Gasteiger partial charge in [0.2, 0.25) is 0 Å². The zero-order chi connectivity index (χ0) is 13.8. The molecule has 0 amide bonds. The summed E-state index contributed by atoms with van der Waals surface area (Å²) >= 11 is 0. The lowest BCUT2D eigenvalue weighted by Gasteiger charge is -2.27. The lowest BCUT2D eigenvalue weighted by molar-refractivity contribution is 0.132. The Kier molecular flexibility index (Phi) is 5.17. The minimum Gasteiger partial charge on any atom is -0.490 e. The van der Waals surface area contributed by atoms with Crippen LogP contribution in [-0.2, 0) is 0 Å². The van der Waals surface area contributed by atoms with E-state index in [1.165, 1.54) is 5.56 Å². The lowest BCUT2D eigenvalue weighted by Crippen LogP contribution is -2.43. The van der Waals surface area contributed by atoms with Gasteiger partial charge in [0.1, 0.15) is 5.75 Å². The van der Waals surface area contributed by atoms with E-state index in [1.807, 2.05) is 32.0 Å². The van der Waals surface area contributed by atoms with E-state index in [-0.39, 0.29) is 12.7 Å². The molecule has 0 saturated carbocycles. The summed E-state index contributed by atoms with van der Waals surface area (Å²) in [6.45, 7) is 8.08. The molecule has 0 spiro atoms. The highest BCUT2D eigenvalue weighted by Crippen LogP contribution is 2.27. The van der Waals surface area contributed by atoms with E-state index in [4.69, 9.17) is 10.5 Å². The second-order valence-electron chi connectivity index (χ2n) is 5.64. The van der Waals surface area contributed by atoms with Gasteiger partial charge in [-0.3, -0.25) is 0 Å². The molecule has 3 N–H and O–H groups in total. The maximum absolute atomic E-state index is 9.17. The molecule has 0 heterocycles. The molecule has 0 aromatic heterocycles. The molecule has 2 atom stereocenters. The summed E-state index contributed by atoms with van der Waals surface area (Å²) in [6, 6.07) is 8.06. The standard InChI is InChI=1S/C15H25NO2/c1-11(2)13-7-5-6-8-14(13)18-12(3)9-15(4,16)10-17/h5-8,11-12,17H,9-10,16H2,1-4H3. The Hall–Kier alpha value is -1.06. The van der Waals surface area contributed by atoms with Crippen LogP contribution in [0.3, 0.4) is 0 Å². The number of hydrogen-bond acceptors (Lipinski definition) is 3. The molecule has 0 fully saturated rings. The first kappa shape index (κ1) is 15.0. The average Bonchev–Trinajstić information content (AvgIpc) is 2.28. The number of rotatable bonds is 6. The largest absolute Gasteiger partial charge is 0.490 e. The molecule has 0 aliphatic carbocycles. The molecule has 3 heteroatoms. The van der Waals surface area contributed by atoms with Crippen LogP contribution < -0.4 is 10.5 Å². The second kappa shape index (κ2) is 6.21. The predicted molar refractivity (Wildman–Crippen MR) is 74.9 cm³/mol. The van der Waals surface area contributed by atoms with Crippen LogP contribution in [0.5, 0.6) is 5.75 Å². The van der Waals surface area contributed by atoms with Crippen molar-refractivity contribution in [3.8, 4) is 5.75 Å². The van der Waals surface area contributed by atoms with Gasteiger partial charge in [-0.15, -0.1) is 0 Å². The number of ether oxygens (including phenoxy) is 1. The fourth-order valence-corrected chi connectivity index (χ4v) is 2.04. The first-order valence-corrected chi connectivity index (χ1v) is 6.51. The Bertz CT molecular complexity index is 375. The Morgan fingerprint density at radius 3 is 2.44 bits per heavy atom. The topological polar surface area (TPSA) is 55.5 Å². The summed E-state index contributed by atoms with van der Waals surface area (Å²) in [5.74, 6) is 1.34. The highest BCUT2D eigenvalue weighted by atomic mass is 16.5. The van der Waals surface area contributed by atoms with Gasteiger partial charge in [-0.25, -0.2) is 0 Å². The zero-order valence-corrected chi connectivity index (χ0v) is 11.8. The monoisotopic (exact) mass is 251 g/mol. The van der Waals surface area contributed by atoms with Gasteiger partial charge in [0.25, 0.3) is 0 Å². The number of nitrogens with two attached hydrogens (primary N) is 1. The fraction of sp³-hybridized carbons (Fsp3) is 0.600. The van der Waals surface area contributed by atoms with E-state index in [9.17, 15) is 5.11 Å². The number of benzene rings is 1. The molecule has 1 aromatic carbocycles. The Balaban J connectivity index is 2.73. The van der Waals surface area contributed by atoms with Crippen LogP contribution in [0.15, 0.2) is 24.3 Å². The van der Waals surface area contributed by atoms with Crippen molar-refractivity contribution in [3.05, 3.63) is 29.8 Å². The van der Waals surface area contributed by atoms with E-state index >= 15 is 0 Å². The third-order valence-corrected chi connectivity index (χ3v) is 2.98. The molecule has 0 bridgehead atoms. The van der Waals surface area contributed by atoms with E-state index in [0.717, 1.165) is 5.75 Å². The molecule has 1 rings (SSSR count). The van der Waals surface area contributed by atoms with Gasteiger partial charge >= 0.3 is 0 Å². The Morgan fingerprint density at radius 2 is 1.89 bits per heavy atom. The predicted octanol–water partition coefficient (Wildman–Crippen LogP) is 2.68. The molecule has 18 heavy (non-hydrogen) atoms. The Morgan fingerprint density at radius 1 is 1.28 bits per heavy atom. The molecule has 0 radical (unpaired) electrons. The molecule has 3 nitrogen and oxygen atoms in total. The highest BCUT2D eigenvalue weighted by Gasteiger charge is 2.22. The van der Waals surface area contributed by atoms with E-state index < -0.39 is 5.54 Å². The smallest absolute Gasteiger partial charge is 0.123 e. The van der Waals surface area contributed by atoms with Gasteiger partial charge < -0.3 is 15.6 Å². The van der Waals surface area contributed by atoms with E-state index in [1.54, 1.807) is 0 Å². The first-order valence-electron chi connectivity index (χ1n) is 6.51. The minimum absolute atomic E-state index is 0.0213. The summed E-state index contributed by atoms with van der Waals surface area (Å²) in [6.07, 6.45) is 0.600. The van der Waals surface area contributed by atoms with Gasteiger partial charge in [-0.1, -0.05) is 32.0 Å². The maximum Gasteiger partial charge on any atom is 0.123 e. The van der Waals surface area contributed by atoms with Crippen molar-refractivity contribution in [2.24, 2.45) is 5.73 Å². The van der Waals surface area contributed by atoms with Crippen molar-refractivity contribution in [1.29, 1.82) is 0 Å². The first-order chi connectivity index (χ1) is 8.35. The van der Waals surface area contributed by atoms with Crippen molar-refractivity contribution in [3.63, 3.8) is 0 Å². The van der Waals surface area contributed by atoms with E-state index in [0.29, 0.717) is 12.3 Å². The number of para-hydroxylation sites is 1. The van der Waals surface area contributed by atoms with Gasteiger partial charge in [-0.2, -0.15) is 0 Å². The molecule has 1 aromatic rings. The summed E-state index contributed by atoms with van der Waals surface area (Å²) in [5, 5.41) is 9.17. The van der Waals surface area contributed by atoms with Crippen LogP contribution >= 0.6 is 0 Å². The van der Waals surface area contributed by atoms with E-state index in [2.05, 4.69) is 19.9 Å². The van der Waals surface area contributed by atoms with Crippen LogP contribution in [0.1, 0.15) is 45.6 Å². The van der Waals surface area contributed by atoms with Crippen molar-refractivity contribution in [2.75, 3.05) is 6.61 Å². The summed E-state index contributed by atoms with van der Waals surface area (Å²) in [5.41, 5.74) is 6.55. The molecule has 0 saturated heterocycles. The number of hydrogen-bond donors (Lipinski definition) is 2. The van der Waals surface area contributed by atoms with Crippen LogP contribution in [-0.4, -0.2) is 23.4 Å². The van der Waals surface area contributed by atoms with Crippen LogP contribution in [0, 0.1) is 0 Å². The summed E-state index contributed by atoms with van der Waals surface area (Å²) in [4.78, 5) is 0. The van der Waals surface area contributed by atoms with Crippen LogP contribution in [0.2, 0.25) is 0 Å². The second-order valence-corrected chi connectivity index (χ2v) is 5.64. The third kappa shape index (κ3) is 4.31. The Labute approximate surface area is 110 Å². The quantitative estimate of drug-likeness (QED) is 0.817. The van der Waals surface area contributed by atoms with Gasteiger partial charge in [0.05, 0.1) is 12.7 Å². The van der Waals surface area contributed by atoms with Crippen molar-refractivity contribution in [1.82, 2.24) is 0 Å². The molecule has 0 aliphatic heterocycles. The lowest BCUT2D eigenvalue weighted by atomic mass is 9.97. The molecular formula is C15H25NO2. The molecular weight excluding hydrogens is 226 g/mol. The summed E-state index contributed by atoms with van der Waals surface area (Å²) in [7, 11) is 0. The number of aliphatic hydroxyl groups is 1. The molecule has 2 unspecified atom stereocenters. The average molecular weight is 251 g/mol. The molecule has 102 valence electrons. The van der Waals surface area contributed by atoms with Crippen molar-refractivity contribution < 1.29 is 9.84 Å². The summed E-state index contributed by atoms with van der Waals surface area (Å²) < 4.78 is 5.95. The van der Waals surface area contributed by atoms with Gasteiger partial charge in [-0.05, 0) is 31.4 Å². The van der Waals surface area contributed by atoms with Crippen LogP contribution in [0.4, 0.5) is 0 Å². The zero-order valence-electron chi connectivity index (χ0n) is 11.8.